The molecule has 0 saturated carbocycles. The molecule has 0 radical (unpaired) electrons. The summed E-state index contributed by atoms with van der Waals surface area (Å²) in [4.78, 5) is 27.0. The van der Waals surface area contributed by atoms with Gasteiger partial charge in [0.05, 0.1) is 12.1 Å². The molecule has 4 rings (SSSR count). The van der Waals surface area contributed by atoms with E-state index in [9.17, 15) is 14.9 Å². The van der Waals surface area contributed by atoms with E-state index >= 15 is 0 Å². The Kier molecular flexibility index (Phi) is 7.49. The number of fused-ring (bicyclic) bond motifs is 1. The Morgan fingerprint density at radius 1 is 1.26 bits per heavy atom. The minimum Gasteiger partial charge on any atom is -0.446 e. The van der Waals surface area contributed by atoms with E-state index in [1.807, 2.05) is 60.3 Å². The van der Waals surface area contributed by atoms with Crippen molar-refractivity contribution >= 4 is 23.2 Å². The molecule has 2 unspecified atom stereocenters. The number of benzene rings is 1. The van der Waals surface area contributed by atoms with Gasteiger partial charge in [0.2, 0.25) is 0 Å². The number of ketones is 1. The van der Waals surface area contributed by atoms with Crippen molar-refractivity contribution in [3.63, 3.8) is 0 Å². The van der Waals surface area contributed by atoms with Gasteiger partial charge in [0.15, 0.2) is 0 Å². The summed E-state index contributed by atoms with van der Waals surface area (Å²) in [6, 6.07) is 16.2. The Labute approximate surface area is 204 Å². The van der Waals surface area contributed by atoms with Crippen LogP contribution in [0.3, 0.4) is 0 Å². The fraction of sp³-hybridized carbons (Fsp3) is 0.370. The van der Waals surface area contributed by atoms with Crippen molar-refractivity contribution < 1.29 is 14.3 Å². The lowest BCUT2D eigenvalue weighted by molar-refractivity contribution is -0.118. The first-order valence-corrected chi connectivity index (χ1v) is 12.4. The zero-order valence-electron chi connectivity index (χ0n) is 19.5. The summed E-state index contributed by atoms with van der Waals surface area (Å²) in [7, 11) is 1.93. The van der Waals surface area contributed by atoms with Crippen molar-refractivity contribution in [1.82, 2.24) is 9.88 Å². The molecule has 1 aliphatic rings. The smallest absolute Gasteiger partial charge is 0.407 e. The monoisotopic (exact) mass is 475 g/mol. The summed E-state index contributed by atoms with van der Waals surface area (Å²) in [5, 5.41) is 12.6. The fourth-order valence-corrected chi connectivity index (χ4v) is 5.89. The van der Waals surface area contributed by atoms with E-state index in [0.717, 1.165) is 26.6 Å². The molecule has 0 saturated heterocycles. The molecular weight excluding hydrogens is 446 g/mol. The SMILES string of the molecule is CC(CC(=O)Cc1sc2c(c1C#N)CCC(OC(=O)NCc1cccn1C)C2)c1ccccc1. The first-order valence-electron chi connectivity index (χ1n) is 11.6. The highest BCUT2D eigenvalue weighted by Gasteiger charge is 2.28. The second-order valence-corrected chi connectivity index (χ2v) is 10.1. The van der Waals surface area contributed by atoms with E-state index in [0.29, 0.717) is 37.8 Å². The minimum absolute atomic E-state index is 0.138. The molecular formula is C27H29N3O3S. The van der Waals surface area contributed by atoms with Gasteiger partial charge in [-0.05, 0) is 42.0 Å². The first kappa shape index (κ1) is 23.8. The number of aryl methyl sites for hydroxylation is 1. The number of ether oxygens (including phenoxy) is 1. The maximum Gasteiger partial charge on any atom is 0.407 e. The van der Waals surface area contributed by atoms with Gasteiger partial charge < -0.3 is 14.6 Å². The number of carbonyl (C=O) groups excluding carboxylic acids is 2. The van der Waals surface area contributed by atoms with E-state index in [1.165, 1.54) is 11.3 Å². The summed E-state index contributed by atoms with van der Waals surface area (Å²) in [5.74, 6) is 0.278. The number of hydrogen-bond donors (Lipinski definition) is 1. The summed E-state index contributed by atoms with van der Waals surface area (Å²) < 4.78 is 7.60. The molecule has 0 bridgehead atoms. The summed E-state index contributed by atoms with van der Waals surface area (Å²) in [6.07, 6.45) is 3.93. The van der Waals surface area contributed by atoms with Crippen molar-refractivity contribution in [2.75, 3.05) is 0 Å². The number of alkyl carbamates (subject to hydrolysis) is 1. The highest BCUT2D eigenvalue weighted by molar-refractivity contribution is 7.12. The Hall–Kier alpha value is -3.37. The summed E-state index contributed by atoms with van der Waals surface area (Å²) >= 11 is 1.52. The summed E-state index contributed by atoms with van der Waals surface area (Å²) in [5.41, 5.74) is 3.81. The third kappa shape index (κ3) is 5.57. The average Bonchev–Trinajstić information content (AvgIpc) is 3.39. The minimum atomic E-state index is -0.433. The number of nitrogens with one attached hydrogen (secondary N) is 1. The molecule has 0 spiro atoms. The Morgan fingerprint density at radius 3 is 2.76 bits per heavy atom. The van der Waals surface area contributed by atoms with Gasteiger partial charge in [0.25, 0.3) is 0 Å². The van der Waals surface area contributed by atoms with E-state index in [-0.39, 0.29) is 24.2 Å². The molecule has 176 valence electrons. The van der Waals surface area contributed by atoms with E-state index in [2.05, 4.69) is 18.3 Å². The van der Waals surface area contributed by atoms with E-state index in [4.69, 9.17) is 4.74 Å². The molecule has 1 aliphatic carbocycles. The number of thiophene rings is 1. The lowest BCUT2D eigenvalue weighted by atomic mass is 9.91. The molecule has 0 aliphatic heterocycles. The molecule has 7 heteroatoms. The number of amides is 1. The number of aromatic nitrogens is 1. The van der Waals surface area contributed by atoms with Crippen molar-refractivity contribution in [2.45, 2.75) is 57.6 Å². The lowest BCUT2D eigenvalue weighted by Crippen LogP contribution is -2.32. The number of Topliss-reactive ketones (excluding diaryl/α,β-unsaturated/α-hetero) is 1. The second kappa shape index (κ2) is 10.7. The normalized spacial score (nSPS) is 15.7. The molecule has 1 aromatic carbocycles. The topological polar surface area (TPSA) is 84.1 Å². The number of nitriles is 1. The predicted molar refractivity (Wildman–Crippen MR) is 132 cm³/mol. The van der Waals surface area contributed by atoms with Gasteiger partial charge in [-0.1, -0.05) is 37.3 Å². The van der Waals surface area contributed by atoms with Crippen LogP contribution < -0.4 is 5.32 Å². The van der Waals surface area contributed by atoms with Gasteiger partial charge in [-0.2, -0.15) is 5.26 Å². The van der Waals surface area contributed by atoms with E-state index in [1.54, 1.807) is 0 Å². The summed E-state index contributed by atoms with van der Waals surface area (Å²) in [6.45, 7) is 2.47. The molecule has 0 fully saturated rings. The number of hydrogen-bond acceptors (Lipinski definition) is 5. The predicted octanol–water partition coefficient (Wildman–Crippen LogP) is 5.05. The second-order valence-electron chi connectivity index (χ2n) is 8.88. The van der Waals surface area contributed by atoms with Crippen LogP contribution in [-0.4, -0.2) is 22.5 Å². The molecule has 6 nitrogen and oxygen atoms in total. The van der Waals surface area contributed by atoms with Crippen molar-refractivity contribution in [1.29, 1.82) is 5.26 Å². The molecule has 1 amide bonds. The molecule has 2 heterocycles. The van der Waals surface area contributed by atoms with Gasteiger partial charge in [-0.15, -0.1) is 11.3 Å². The molecule has 1 N–H and O–H groups in total. The lowest BCUT2D eigenvalue weighted by Gasteiger charge is -2.22. The zero-order valence-corrected chi connectivity index (χ0v) is 20.4. The van der Waals surface area contributed by atoms with Crippen LogP contribution in [-0.2, 0) is 42.4 Å². The largest absolute Gasteiger partial charge is 0.446 e. The number of rotatable bonds is 8. The van der Waals surface area contributed by atoms with Crippen LogP contribution in [0.5, 0.6) is 0 Å². The standard InChI is InChI=1S/C27H29N3O3S/c1-18(19-7-4-3-5-8-19)13-21(31)14-25-24(16-28)23-11-10-22(15-26(23)34-25)33-27(32)29-17-20-9-6-12-30(20)2/h3-9,12,18,22H,10-11,13-15,17H2,1-2H3,(H,29,32). The molecule has 34 heavy (non-hydrogen) atoms. The third-order valence-corrected chi connectivity index (χ3v) is 7.66. The highest BCUT2D eigenvalue weighted by atomic mass is 32.1. The van der Waals surface area contributed by atoms with Crippen LogP contribution in [0, 0.1) is 11.3 Å². The van der Waals surface area contributed by atoms with Crippen molar-refractivity contribution in [3.05, 3.63) is 80.8 Å². The van der Waals surface area contributed by atoms with Crippen molar-refractivity contribution in [2.24, 2.45) is 7.05 Å². The zero-order chi connectivity index (χ0) is 24.1. The Balaban J connectivity index is 1.35. The third-order valence-electron chi connectivity index (χ3n) is 6.40. The van der Waals surface area contributed by atoms with Crippen LogP contribution >= 0.6 is 11.3 Å². The van der Waals surface area contributed by atoms with Gasteiger partial charge in [-0.3, -0.25) is 4.79 Å². The fourth-order valence-electron chi connectivity index (χ4n) is 4.50. The molecule has 2 atom stereocenters. The number of carbonyl (C=O) groups is 2. The average molecular weight is 476 g/mol. The van der Waals surface area contributed by atoms with Crippen LogP contribution in [0.1, 0.15) is 57.8 Å². The molecule has 3 aromatic rings. The first-order chi connectivity index (χ1) is 16.4. The molecule has 2 aromatic heterocycles. The van der Waals surface area contributed by atoms with Crippen LogP contribution in [0.4, 0.5) is 4.79 Å². The maximum atomic E-state index is 12.8. The van der Waals surface area contributed by atoms with Crippen LogP contribution in [0.15, 0.2) is 48.7 Å². The quantitative estimate of drug-likeness (QED) is 0.494. The van der Waals surface area contributed by atoms with Gasteiger partial charge in [0.1, 0.15) is 18.0 Å². The van der Waals surface area contributed by atoms with Crippen molar-refractivity contribution in [3.8, 4) is 6.07 Å². The van der Waals surface area contributed by atoms with E-state index < -0.39 is 6.09 Å². The Bertz CT molecular complexity index is 1210. The van der Waals surface area contributed by atoms with Crippen LogP contribution in [0.25, 0.3) is 0 Å². The van der Waals surface area contributed by atoms with Gasteiger partial charge in [-0.25, -0.2) is 4.79 Å². The van der Waals surface area contributed by atoms with Crippen LogP contribution in [0.2, 0.25) is 0 Å². The van der Waals surface area contributed by atoms with Gasteiger partial charge in [0, 0.05) is 48.0 Å². The maximum absolute atomic E-state index is 12.8. The van der Waals surface area contributed by atoms with Gasteiger partial charge >= 0.3 is 6.09 Å². The highest BCUT2D eigenvalue weighted by Crippen LogP contribution is 2.36. The number of nitrogens with zero attached hydrogens (tertiary/aromatic N) is 2. The Morgan fingerprint density at radius 2 is 2.06 bits per heavy atom.